The van der Waals surface area contributed by atoms with Gasteiger partial charge in [-0.2, -0.15) is 0 Å². The number of nitrogens with zero attached hydrogens (tertiary/aromatic N) is 3. The summed E-state index contributed by atoms with van der Waals surface area (Å²) in [7, 11) is 0. The van der Waals surface area contributed by atoms with Crippen LogP contribution in [0.4, 0.5) is 0 Å². The Morgan fingerprint density at radius 2 is 2.12 bits per heavy atom. The molecule has 0 aliphatic heterocycles. The Hall–Kier alpha value is -0.530. The zero-order valence-corrected chi connectivity index (χ0v) is 11.8. The van der Waals surface area contributed by atoms with Crippen LogP contribution in [-0.4, -0.2) is 27.6 Å². The monoisotopic (exact) mass is 277 g/mol. The lowest BCUT2D eigenvalue weighted by molar-refractivity contribution is 0.657. The second kappa shape index (κ2) is 7.03. The van der Waals surface area contributed by atoms with Crippen molar-refractivity contribution in [1.29, 1.82) is 0 Å². The first kappa shape index (κ1) is 14.5. The molecule has 1 rings (SSSR count). The van der Waals surface area contributed by atoms with Crippen LogP contribution in [0.25, 0.3) is 0 Å². The molecule has 0 aliphatic rings. The molecule has 1 aromatic rings. The molecule has 9 heteroatoms. The fourth-order valence-corrected chi connectivity index (χ4v) is 3.24. The van der Waals surface area contributed by atoms with E-state index in [1.807, 2.05) is 6.92 Å². The van der Waals surface area contributed by atoms with E-state index in [0.29, 0.717) is 0 Å². The first-order valence-corrected chi connectivity index (χ1v) is 8.43. The van der Waals surface area contributed by atoms with Gasteiger partial charge in [-0.25, -0.2) is 9.76 Å². The number of nitrogens with two attached hydrogens (primary N) is 1. The Morgan fingerprint density at radius 3 is 2.71 bits per heavy atom. The minimum Gasteiger partial charge on any atom is -0.306 e. The largest absolute Gasteiger partial charge is 0.306 e. The zero-order chi connectivity index (χ0) is 12.7. The summed E-state index contributed by atoms with van der Waals surface area (Å²) < 4.78 is 1.65. The van der Waals surface area contributed by atoms with Crippen molar-refractivity contribution < 1.29 is 0 Å². The van der Waals surface area contributed by atoms with Crippen molar-refractivity contribution in [1.82, 2.24) is 25.0 Å². The fraction of sp³-hybridized carbons (Fsp3) is 0.750. The molecule has 0 aliphatic carbocycles. The number of nitrogens with one attached hydrogen (secondary N) is 3. The van der Waals surface area contributed by atoms with Crippen molar-refractivity contribution in [2.45, 2.75) is 32.9 Å². The van der Waals surface area contributed by atoms with E-state index in [1.165, 1.54) is 0 Å². The van der Waals surface area contributed by atoms with Gasteiger partial charge in [0.1, 0.15) is 19.1 Å². The predicted octanol–water partition coefficient (Wildman–Crippen LogP) is 0.330. The quantitative estimate of drug-likeness (QED) is 0.309. The van der Waals surface area contributed by atoms with Crippen LogP contribution in [0.3, 0.4) is 0 Å². The van der Waals surface area contributed by atoms with Crippen LogP contribution >= 0.6 is 6.49 Å². The van der Waals surface area contributed by atoms with Crippen LogP contribution in [0, 0.1) is 0 Å². The lowest BCUT2D eigenvalue weighted by Gasteiger charge is -2.25. The minimum atomic E-state index is -2.18. The van der Waals surface area contributed by atoms with Crippen LogP contribution in [0.2, 0.25) is 0 Å². The SMILES string of the molecule is CCCCNP(N)(=S)NC(C)Nn1cnnc1. The van der Waals surface area contributed by atoms with E-state index in [1.54, 1.807) is 17.3 Å². The van der Waals surface area contributed by atoms with Crippen molar-refractivity contribution >= 4 is 18.3 Å². The number of hydrogen-bond acceptors (Lipinski definition) is 4. The highest BCUT2D eigenvalue weighted by Crippen LogP contribution is 2.25. The highest BCUT2D eigenvalue weighted by Gasteiger charge is 2.12. The van der Waals surface area contributed by atoms with E-state index in [9.17, 15) is 0 Å². The summed E-state index contributed by atoms with van der Waals surface area (Å²) >= 11 is 5.31. The van der Waals surface area contributed by atoms with Gasteiger partial charge in [0, 0.05) is 6.54 Å². The van der Waals surface area contributed by atoms with Crippen molar-refractivity contribution in [3.05, 3.63) is 12.7 Å². The maximum absolute atomic E-state index is 6.01. The number of unbranched alkanes of at least 4 members (excludes halogenated alkanes) is 1. The normalized spacial score (nSPS) is 16.4. The average Bonchev–Trinajstić information content (AvgIpc) is 2.69. The van der Waals surface area contributed by atoms with Crippen LogP contribution < -0.4 is 21.1 Å². The van der Waals surface area contributed by atoms with E-state index in [2.05, 4.69) is 32.7 Å². The van der Waals surface area contributed by atoms with E-state index in [0.717, 1.165) is 19.4 Å². The van der Waals surface area contributed by atoms with Crippen LogP contribution in [-0.2, 0) is 11.8 Å². The Balaban J connectivity index is 2.33. The predicted molar refractivity (Wildman–Crippen MR) is 73.4 cm³/mol. The van der Waals surface area contributed by atoms with Gasteiger partial charge in [0.2, 0.25) is 0 Å². The van der Waals surface area contributed by atoms with Gasteiger partial charge in [0.05, 0.1) is 6.17 Å². The molecule has 0 bridgehead atoms. The first-order chi connectivity index (χ1) is 8.03. The highest BCUT2D eigenvalue weighted by molar-refractivity contribution is 8.11. The van der Waals surface area contributed by atoms with Gasteiger partial charge < -0.3 is 5.43 Å². The summed E-state index contributed by atoms with van der Waals surface area (Å²) in [4.78, 5) is 0. The Morgan fingerprint density at radius 1 is 1.47 bits per heavy atom. The summed E-state index contributed by atoms with van der Waals surface area (Å²) in [6.45, 7) is 2.73. The van der Waals surface area contributed by atoms with Gasteiger partial charge in [-0.05, 0) is 25.2 Å². The van der Waals surface area contributed by atoms with Gasteiger partial charge in [-0.1, -0.05) is 13.3 Å². The molecule has 0 saturated heterocycles. The summed E-state index contributed by atoms with van der Waals surface area (Å²) in [6, 6.07) is 0. The molecule has 2 atom stereocenters. The Kier molecular flexibility index (Phi) is 6.01. The molecule has 5 N–H and O–H groups in total. The molecule has 0 aromatic carbocycles. The van der Waals surface area contributed by atoms with Gasteiger partial charge >= 0.3 is 0 Å². The molecule has 1 heterocycles. The van der Waals surface area contributed by atoms with E-state index >= 15 is 0 Å². The molecule has 0 fully saturated rings. The molecule has 2 unspecified atom stereocenters. The summed E-state index contributed by atoms with van der Waals surface area (Å²) in [5.41, 5.74) is 9.10. The summed E-state index contributed by atoms with van der Waals surface area (Å²) in [5, 5.41) is 13.7. The molecule has 7 nitrogen and oxygen atoms in total. The molecular weight excluding hydrogens is 257 g/mol. The topological polar surface area (TPSA) is 92.8 Å². The molecular formula is C8H20N7PS. The van der Waals surface area contributed by atoms with Gasteiger partial charge in [0.15, 0.2) is 0 Å². The van der Waals surface area contributed by atoms with E-state index < -0.39 is 6.49 Å². The lowest BCUT2D eigenvalue weighted by Crippen LogP contribution is -2.41. The molecule has 0 radical (unpaired) electrons. The molecule has 17 heavy (non-hydrogen) atoms. The van der Waals surface area contributed by atoms with E-state index in [-0.39, 0.29) is 6.17 Å². The van der Waals surface area contributed by atoms with Crippen molar-refractivity contribution in [3.8, 4) is 0 Å². The second-order valence-electron chi connectivity index (χ2n) is 3.77. The van der Waals surface area contributed by atoms with Gasteiger partial charge in [0.25, 0.3) is 0 Å². The highest BCUT2D eigenvalue weighted by atomic mass is 32.4. The number of hydrogen-bond donors (Lipinski definition) is 4. The van der Waals surface area contributed by atoms with Crippen molar-refractivity contribution in [3.63, 3.8) is 0 Å². The third-order valence-corrected chi connectivity index (χ3v) is 4.19. The maximum atomic E-state index is 6.01. The van der Waals surface area contributed by atoms with Gasteiger partial charge in [-0.3, -0.25) is 10.6 Å². The standard InChI is InChI=1S/C8H20N7PS/c1-3-4-5-12-16(9,17)14-8(2)13-15-6-10-11-7-15/h6-8,13H,3-5H2,1-2H3,(H4,9,12,14,17). The van der Waals surface area contributed by atoms with Crippen LogP contribution in [0.15, 0.2) is 12.7 Å². The zero-order valence-electron chi connectivity index (χ0n) is 10.1. The molecule has 0 amide bonds. The summed E-state index contributed by atoms with van der Waals surface area (Å²) in [5.74, 6) is 0. The molecule has 1 aromatic heterocycles. The minimum absolute atomic E-state index is 0.0593. The smallest absolute Gasteiger partial charge is 0.138 e. The van der Waals surface area contributed by atoms with Crippen LogP contribution in [0.1, 0.15) is 26.7 Å². The molecule has 0 spiro atoms. The second-order valence-corrected chi connectivity index (χ2v) is 7.39. The summed E-state index contributed by atoms with van der Waals surface area (Å²) in [6.07, 6.45) is 5.28. The number of aromatic nitrogens is 3. The molecule has 98 valence electrons. The fourth-order valence-electron chi connectivity index (χ4n) is 1.28. The third kappa shape index (κ3) is 6.09. The number of rotatable bonds is 8. The Bertz CT molecular complexity index is 355. The van der Waals surface area contributed by atoms with E-state index in [4.69, 9.17) is 17.3 Å². The van der Waals surface area contributed by atoms with Crippen molar-refractivity contribution in [2.75, 3.05) is 12.0 Å². The third-order valence-electron chi connectivity index (χ3n) is 2.02. The first-order valence-electron chi connectivity index (χ1n) is 5.56. The van der Waals surface area contributed by atoms with Crippen molar-refractivity contribution in [2.24, 2.45) is 5.50 Å². The maximum Gasteiger partial charge on any atom is 0.138 e. The Labute approximate surface area is 107 Å². The lowest BCUT2D eigenvalue weighted by atomic mass is 10.3. The van der Waals surface area contributed by atoms with Gasteiger partial charge in [-0.15, -0.1) is 10.2 Å². The molecule has 0 saturated carbocycles. The average molecular weight is 277 g/mol. The van der Waals surface area contributed by atoms with Crippen LogP contribution in [0.5, 0.6) is 0 Å².